The number of nitrogens with one attached hydrogen (secondary N) is 1. The summed E-state index contributed by atoms with van der Waals surface area (Å²) >= 11 is 3.33. The van der Waals surface area contributed by atoms with Crippen LogP contribution in [0.3, 0.4) is 0 Å². The van der Waals surface area contributed by atoms with Crippen molar-refractivity contribution in [1.29, 1.82) is 0 Å². The van der Waals surface area contributed by atoms with E-state index in [1.165, 1.54) is 4.68 Å². The van der Waals surface area contributed by atoms with Crippen LogP contribution >= 0.6 is 15.9 Å². The number of hydrogen-bond acceptors (Lipinski definition) is 4. The first kappa shape index (κ1) is 14.5. The lowest BCUT2D eigenvalue weighted by Gasteiger charge is -2.16. The van der Waals surface area contributed by atoms with E-state index in [-0.39, 0.29) is 17.6 Å². The first-order chi connectivity index (χ1) is 9.13. The van der Waals surface area contributed by atoms with Crippen molar-refractivity contribution in [3.05, 3.63) is 21.0 Å². The van der Waals surface area contributed by atoms with E-state index in [9.17, 15) is 9.90 Å². The van der Waals surface area contributed by atoms with Crippen LogP contribution in [0.15, 0.2) is 15.5 Å². The SMILES string of the molecule is CCCn1ncc(NCC2CCCC2O)c(Br)c1=O. The highest BCUT2D eigenvalue weighted by atomic mass is 79.9. The zero-order valence-corrected chi connectivity index (χ0v) is 12.7. The van der Waals surface area contributed by atoms with Gasteiger partial charge in [0.2, 0.25) is 0 Å². The van der Waals surface area contributed by atoms with Gasteiger partial charge in [0.15, 0.2) is 0 Å². The van der Waals surface area contributed by atoms with Crippen LogP contribution in [0, 0.1) is 5.92 Å². The van der Waals surface area contributed by atoms with Crippen LogP contribution in [0.5, 0.6) is 0 Å². The third-order valence-electron chi connectivity index (χ3n) is 3.59. The number of aliphatic hydroxyl groups is 1. The number of aromatic nitrogens is 2. The largest absolute Gasteiger partial charge is 0.393 e. The molecule has 6 heteroatoms. The molecule has 5 nitrogen and oxygen atoms in total. The van der Waals surface area contributed by atoms with Crippen LogP contribution < -0.4 is 10.9 Å². The van der Waals surface area contributed by atoms with Crippen molar-refractivity contribution in [2.24, 2.45) is 5.92 Å². The Kier molecular flexibility index (Phi) is 4.99. The summed E-state index contributed by atoms with van der Waals surface area (Å²) in [5.41, 5.74) is 0.593. The number of nitrogens with zero attached hydrogens (tertiary/aromatic N) is 2. The average Bonchev–Trinajstić information content (AvgIpc) is 2.80. The molecule has 0 amide bonds. The van der Waals surface area contributed by atoms with E-state index in [4.69, 9.17) is 0 Å². The predicted octanol–water partition coefficient (Wildman–Crippen LogP) is 1.99. The molecule has 0 radical (unpaired) electrons. The molecule has 2 rings (SSSR count). The Hall–Kier alpha value is -0.880. The van der Waals surface area contributed by atoms with E-state index in [1.54, 1.807) is 6.20 Å². The van der Waals surface area contributed by atoms with Crippen LogP contribution in [0.4, 0.5) is 5.69 Å². The van der Waals surface area contributed by atoms with Crippen molar-refractivity contribution in [1.82, 2.24) is 9.78 Å². The van der Waals surface area contributed by atoms with Gasteiger partial charge in [0, 0.05) is 19.0 Å². The Labute approximate surface area is 121 Å². The van der Waals surface area contributed by atoms with Crippen molar-refractivity contribution >= 4 is 21.6 Å². The summed E-state index contributed by atoms with van der Waals surface area (Å²) in [6.45, 7) is 3.31. The highest BCUT2D eigenvalue weighted by Crippen LogP contribution is 2.26. The van der Waals surface area contributed by atoms with E-state index in [1.807, 2.05) is 6.92 Å². The average molecular weight is 330 g/mol. The molecule has 2 unspecified atom stereocenters. The van der Waals surface area contributed by atoms with Gasteiger partial charge >= 0.3 is 0 Å². The molecule has 1 aliphatic rings. The number of hydrogen-bond donors (Lipinski definition) is 2. The van der Waals surface area contributed by atoms with Gasteiger partial charge in [-0.05, 0) is 35.2 Å². The maximum atomic E-state index is 12.0. The molecular formula is C13H20BrN3O2. The number of rotatable bonds is 5. The number of anilines is 1. The lowest BCUT2D eigenvalue weighted by molar-refractivity contribution is 0.138. The molecule has 19 heavy (non-hydrogen) atoms. The first-order valence-corrected chi connectivity index (χ1v) is 7.60. The minimum absolute atomic E-state index is 0.112. The van der Waals surface area contributed by atoms with Crippen molar-refractivity contribution < 1.29 is 5.11 Å². The Balaban J connectivity index is 2.04. The molecule has 1 aliphatic carbocycles. The van der Waals surface area contributed by atoms with Gasteiger partial charge in [-0.3, -0.25) is 4.79 Å². The van der Waals surface area contributed by atoms with Gasteiger partial charge in [-0.15, -0.1) is 0 Å². The van der Waals surface area contributed by atoms with Crippen LogP contribution in [-0.2, 0) is 6.54 Å². The molecule has 0 aromatic carbocycles. The predicted molar refractivity (Wildman–Crippen MR) is 78.3 cm³/mol. The number of aliphatic hydroxyl groups excluding tert-OH is 1. The zero-order valence-electron chi connectivity index (χ0n) is 11.1. The first-order valence-electron chi connectivity index (χ1n) is 6.81. The minimum Gasteiger partial charge on any atom is -0.393 e. The number of aryl methyl sites for hydroxylation is 1. The molecule has 0 bridgehead atoms. The van der Waals surface area contributed by atoms with E-state index >= 15 is 0 Å². The second-order valence-electron chi connectivity index (χ2n) is 5.04. The van der Waals surface area contributed by atoms with Gasteiger partial charge in [-0.2, -0.15) is 5.10 Å². The van der Waals surface area contributed by atoms with Crippen molar-refractivity contribution in [3.63, 3.8) is 0 Å². The highest BCUT2D eigenvalue weighted by Gasteiger charge is 2.25. The van der Waals surface area contributed by atoms with Crippen molar-refractivity contribution in [2.75, 3.05) is 11.9 Å². The molecule has 0 saturated heterocycles. The third-order valence-corrected chi connectivity index (χ3v) is 4.36. The smallest absolute Gasteiger partial charge is 0.283 e. The molecular weight excluding hydrogens is 310 g/mol. The van der Waals surface area contributed by atoms with E-state index in [0.717, 1.165) is 25.7 Å². The third kappa shape index (κ3) is 3.36. The van der Waals surface area contributed by atoms with Gasteiger partial charge in [-0.1, -0.05) is 13.3 Å². The fraction of sp³-hybridized carbons (Fsp3) is 0.692. The summed E-state index contributed by atoms with van der Waals surface area (Å²) in [6.07, 6.45) is 5.31. The fourth-order valence-corrected chi connectivity index (χ4v) is 2.90. The van der Waals surface area contributed by atoms with Crippen LogP contribution in [0.2, 0.25) is 0 Å². The molecule has 1 fully saturated rings. The zero-order chi connectivity index (χ0) is 13.8. The van der Waals surface area contributed by atoms with Crippen LogP contribution in [0.1, 0.15) is 32.6 Å². The molecule has 2 atom stereocenters. The summed E-state index contributed by atoms with van der Waals surface area (Å²) in [7, 11) is 0. The van der Waals surface area contributed by atoms with E-state index in [2.05, 4.69) is 26.3 Å². The van der Waals surface area contributed by atoms with Gasteiger partial charge in [0.1, 0.15) is 4.47 Å². The van der Waals surface area contributed by atoms with Crippen LogP contribution in [0.25, 0.3) is 0 Å². The van der Waals surface area contributed by atoms with Gasteiger partial charge in [0.05, 0.1) is 18.0 Å². The summed E-state index contributed by atoms with van der Waals surface area (Å²) in [5, 5.41) is 17.1. The van der Waals surface area contributed by atoms with E-state index < -0.39 is 0 Å². The molecule has 1 aromatic heterocycles. The van der Waals surface area contributed by atoms with Crippen molar-refractivity contribution in [2.45, 2.75) is 45.3 Å². The normalized spacial score (nSPS) is 22.7. The van der Waals surface area contributed by atoms with Crippen molar-refractivity contribution in [3.8, 4) is 0 Å². The van der Waals surface area contributed by atoms with E-state index in [0.29, 0.717) is 23.2 Å². The molecule has 2 N–H and O–H groups in total. The lowest BCUT2D eigenvalue weighted by atomic mass is 10.1. The summed E-state index contributed by atoms with van der Waals surface area (Å²) in [5.74, 6) is 0.268. The minimum atomic E-state index is -0.223. The molecule has 106 valence electrons. The summed E-state index contributed by atoms with van der Waals surface area (Å²) in [6, 6.07) is 0. The maximum Gasteiger partial charge on any atom is 0.283 e. The van der Waals surface area contributed by atoms with Gasteiger partial charge in [-0.25, -0.2) is 4.68 Å². The lowest BCUT2D eigenvalue weighted by Crippen LogP contribution is -2.26. The molecule has 0 spiro atoms. The quantitative estimate of drug-likeness (QED) is 0.866. The fourth-order valence-electron chi connectivity index (χ4n) is 2.46. The Morgan fingerprint density at radius 3 is 3.00 bits per heavy atom. The van der Waals surface area contributed by atoms with Gasteiger partial charge < -0.3 is 10.4 Å². The highest BCUT2D eigenvalue weighted by molar-refractivity contribution is 9.10. The summed E-state index contributed by atoms with van der Waals surface area (Å²) < 4.78 is 1.98. The maximum absolute atomic E-state index is 12.0. The van der Waals surface area contributed by atoms with Crippen LogP contribution in [-0.4, -0.2) is 27.5 Å². The molecule has 1 heterocycles. The Bertz CT molecular complexity index is 489. The molecule has 0 aliphatic heterocycles. The second kappa shape index (κ2) is 6.52. The monoisotopic (exact) mass is 329 g/mol. The second-order valence-corrected chi connectivity index (χ2v) is 5.83. The number of halogens is 1. The topological polar surface area (TPSA) is 67.2 Å². The Morgan fingerprint density at radius 1 is 1.58 bits per heavy atom. The molecule has 1 aromatic rings. The Morgan fingerprint density at radius 2 is 2.37 bits per heavy atom. The van der Waals surface area contributed by atoms with Gasteiger partial charge in [0.25, 0.3) is 5.56 Å². The summed E-state index contributed by atoms with van der Waals surface area (Å²) in [4.78, 5) is 12.0. The molecule has 1 saturated carbocycles. The standard InChI is InChI=1S/C13H20BrN3O2/c1-2-6-17-13(19)12(14)10(8-16-17)15-7-9-4-3-5-11(9)18/h8-9,11,15,18H,2-7H2,1H3.